The molecule has 3 N–H and O–H groups in total. The van der Waals surface area contributed by atoms with Crippen LogP contribution >= 0.6 is 0 Å². The van der Waals surface area contributed by atoms with Crippen molar-refractivity contribution in [2.24, 2.45) is 7.05 Å². The molecule has 2 rings (SSSR count). The summed E-state index contributed by atoms with van der Waals surface area (Å²) in [7, 11) is 4.42. The predicted octanol–water partition coefficient (Wildman–Crippen LogP) is -0.0946. The summed E-state index contributed by atoms with van der Waals surface area (Å²) in [6.45, 7) is 1.23. The Morgan fingerprint density at radius 3 is 2.20 bits per heavy atom. The van der Waals surface area contributed by atoms with Crippen LogP contribution in [-0.2, 0) is 16.6 Å². The minimum atomic E-state index is -1.94. The van der Waals surface area contributed by atoms with Gasteiger partial charge in [0.15, 0.2) is 5.54 Å². The quantitative estimate of drug-likeness (QED) is 0.283. The molecule has 1 aromatic heterocycles. The largest absolute Gasteiger partial charge is 0.357 e. The number of amides is 3. The van der Waals surface area contributed by atoms with Crippen molar-refractivity contribution in [3.8, 4) is 23.7 Å². The number of aromatic nitrogens is 2. The van der Waals surface area contributed by atoms with Crippen molar-refractivity contribution < 1.29 is 19.6 Å². The zero-order valence-electron chi connectivity index (χ0n) is 17.0. The molecule has 0 radical (unpaired) electrons. The average Bonchev–Trinajstić information content (AvgIpc) is 3.19. The number of benzene rings is 1. The lowest BCUT2D eigenvalue weighted by molar-refractivity contribution is -0.148. The van der Waals surface area contributed by atoms with Crippen LogP contribution in [0.1, 0.15) is 28.4 Å². The van der Waals surface area contributed by atoms with Gasteiger partial charge in [0.1, 0.15) is 0 Å². The molecule has 0 saturated carbocycles. The molecular formula is C21H21N5O4. The van der Waals surface area contributed by atoms with Crippen molar-refractivity contribution in [3.05, 3.63) is 53.3 Å². The van der Waals surface area contributed by atoms with Gasteiger partial charge in [0.05, 0.1) is 11.8 Å². The van der Waals surface area contributed by atoms with Gasteiger partial charge in [-0.2, -0.15) is 5.10 Å². The molecule has 1 unspecified atom stereocenters. The number of aryl methyl sites for hydroxylation is 1. The van der Waals surface area contributed by atoms with Crippen LogP contribution in [0, 0.1) is 23.7 Å². The van der Waals surface area contributed by atoms with Gasteiger partial charge in [-0.05, 0) is 49.0 Å². The molecule has 30 heavy (non-hydrogen) atoms. The molecule has 1 heterocycles. The zero-order valence-corrected chi connectivity index (χ0v) is 17.0. The number of rotatable bonds is 4. The van der Waals surface area contributed by atoms with Crippen LogP contribution in [0.15, 0.2) is 36.7 Å². The van der Waals surface area contributed by atoms with Crippen LogP contribution < -0.4 is 10.8 Å². The standard InChI is InChI=1S/C21H21N5O4/c1-21(19(28)22-2,20(29)24-30)26(4)18(27)17-11-9-15(10-12-17)7-5-6-8-16-13-23-25(3)14-16/h9-14,30H,1-4H3,(H,22,28)(H,24,29). The maximum Gasteiger partial charge on any atom is 0.278 e. The van der Waals surface area contributed by atoms with E-state index in [0.717, 1.165) is 10.5 Å². The van der Waals surface area contributed by atoms with Gasteiger partial charge >= 0.3 is 0 Å². The molecule has 9 nitrogen and oxygen atoms in total. The Kier molecular flexibility index (Phi) is 6.97. The fourth-order valence-electron chi connectivity index (χ4n) is 2.55. The Labute approximate surface area is 174 Å². The molecule has 2 aromatic rings. The summed E-state index contributed by atoms with van der Waals surface area (Å²) >= 11 is 0. The van der Waals surface area contributed by atoms with Gasteiger partial charge in [-0.3, -0.25) is 24.3 Å². The minimum absolute atomic E-state index is 0.241. The lowest BCUT2D eigenvalue weighted by Gasteiger charge is -2.34. The summed E-state index contributed by atoms with van der Waals surface area (Å²) in [4.78, 5) is 38.0. The molecule has 1 aromatic carbocycles. The summed E-state index contributed by atoms with van der Waals surface area (Å²) in [5.74, 6) is 8.81. The van der Waals surface area contributed by atoms with Crippen molar-refractivity contribution in [3.63, 3.8) is 0 Å². The Morgan fingerprint density at radius 1 is 1.10 bits per heavy atom. The number of nitrogens with one attached hydrogen (secondary N) is 2. The van der Waals surface area contributed by atoms with Crippen LogP contribution in [-0.4, -0.2) is 57.2 Å². The molecule has 0 aliphatic rings. The smallest absolute Gasteiger partial charge is 0.278 e. The molecule has 0 aliphatic carbocycles. The number of likely N-dealkylation sites (N-methyl/N-ethyl adjacent to an activating group) is 2. The van der Waals surface area contributed by atoms with Crippen molar-refractivity contribution in [1.82, 2.24) is 25.5 Å². The Hall–Kier alpha value is -4.08. The number of nitrogens with zero attached hydrogens (tertiary/aromatic N) is 3. The highest BCUT2D eigenvalue weighted by Gasteiger charge is 2.47. The van der Waals surface area contributed by atoms with E-state index >= 15 is 0 Å². The summed E-state index contributed by atoms with van der Waals surface area (Å²) in [6, 6.07) is 6.31. The number of hydroxylamine groups is 1. The van der Waals surface area contributed by atoms with E-state index in [4.69, 9.17) is 5.21 Å². The lowest BCUT2D eigenvalue weighted by Crippen LogP contribution is -2.64. The Morgan fingerprint density at radius 2 is 1.70 bits per heavy atom. The molecule has 0 bridgehead atoms. The van der Waals surface area contributed by atoms with Gasteiger partial charge in [-0.25, -0.2) is 5.48 Å². The molecule has 1 atom stereocenters. The van der Waals surface area contributed by atoms with E-state index in [1.807, 2.05) is 0 Å². The van der Waals surface area contributed by atoms with Gasteiger partial charge in [-0.15, -0.1) is 0 Å². The summed E-state index contributed by atoms with van der Waals surface area (Å²) in [5.41, 5.74) is 1.11. The van der Waals surface area contributed by atoms with Gasteiger partial charge < -0.3 is 10.2 Å². The maximum absolute atomic E-state index is 12.8. The molecule has 0 spiro atoms. The molecule has 0 aliphatic heterocycles. The highest BCUT2D eigenvalue weighted by atomic mass is 16.5. The second kappa shape index (κ2) is 9.41. The average molecular weight is 407 g/mol. The first-order chi connectivity index (χ1) is 14.2. The Bertz CT molecular complexity index is 1060. The van der Waals surface area contributed by atoms with E-state index < -0.39 is 23.3 Å². The van der Waals surface area contributed by atoms with Crippen LogP contribution in [0.2, 0.25) is 0 Å². The van der Waals surface area contributed by atoms with Crippen molar-refractivity contribution in [2.75, 3.05) is 14.1 Å². The topological polar surface area (TPSA) is 117 Å². The second-order valence-electron chi connectivity index (χ2n) is 6.44. The van der Waals surface area contributed by atoms with Crippen molar-refractivity contribution in [1.29, 1.82) is 0 Å². The monoisotopic (exact) mass is 407 g/mol. The lowest BCUT2D eigenvalue weighted by atomic mass is 9.96. The molecule has 3 amide bonds. The predicted molar refractivity (Wildman–Crippen MR) is 108 cm³/mol. The molecule has 0 saturated heterocycles. The molecule has 154 valence electrons. The van der Waals surface area contributed by atoms with Crippen LogP contribution in [0.3, 0.4) is 0 Å². The highest BCUT2D eigenvalue weighted by molar-refractivity contribution is 6.12. The van der Waals surface area contributed by atoms with Crippen LogP contribution in [0.5, 0.6) is 0 Å². The van der Waals surface area contributed by atoms with E-state index in [0.29, 0.717) is 5.56 Å². The summed E-state index contributed by atoms with van der Waals surface area (Å²) < 4.78 is 1.64. The highest BCUT2D eigenvalue weighted by Crippen LogP contribution is 2.18. The van der Waals surface area contributed by atoms with E-state index in [9.17, 15) is 14.4 Å². The van der Waals surface area contributed by atoms with E-state index in [2.05, 4.69) is 34.1 Å². The third-order valence-electron chi connectivity index (χ3n) is 4.50. The third kappa shape index (κ3) is 4.66. The second-order valence-corrected chi connectivity index (χ2v) is 6.44. The number of hydrogen-bond donors (Lipinski definition) is 3. The minimum Gasteiger partial charge on any atom is -0.357 e. The first kappa shape index (κ1) is 22.2. The maximum atomic E-state index is 12.8. The fourth-order valence-corrected chi connectivity index (χ4v) is 2.55. The molecule has 9 heteroatoms. The normalized spacial score (nSPS) is 11.6. The Balaban J connectivity index is 2.18. The zero-order chi connectivity index (χ0) is 22.3. The molecular weight excluding hydrogens is 386 g/mol. The number of hydrogen-bond acceptors (Lipinski definition) is 5. The van der Waals surface area contributed by atoms with Crippen molar-refractivity contribution in [2.45, 2.75) is 12.5 Å². The van der Waals surface area contributed by atoms with Crippen LogP contribution in [0.25, 0.3) is 0 Å². The van der Waals surface area contributed by atoms with E-state index in [1.54, 1.807) is 36.3 Å². The van der Waals surface area contributed by atoms with Crippen LogP contribution in [0.4, 0.5) is 0 Å². The summed E-state index contributed by atoms with van der Waals surface area (Å²) in [6.07, 6.45) is 3.41. The number of carbonyl (C=O) groups is 3. The molecule has 0 fully saturated rings. The van der Waals surface area contributed by atoms with Gasteiger partial charge in [0.25, 0.3) is 17.7 Å². The van der Waals surface area contributed by atoms with Gasteiger partial charge in [0.2, 0.25) is 0 Å². The third-order valence-corrected chi connectivity index (χ3v) is 4.50. The van der Waals surface area contributed by atoms with Gasteiger partial charge in [-0.1, -0.05) is 5.92 Å². The first-order valence-corrected chi connectivity index (χ1v) is 8.79. The van der Waals surface area contributed by atoms with E-state index in [-0.39, 0.29) is 5.56 Å². The van der Waals surface area contributed by atoms with Crippen molar-refractivity contribution >= 4 is 17.7 Å². The SMILES string of the molecule is CNC(=O)C(C)(C(=O)NO)N(C)C(=O)c1ccc(C#CC#Cc2cnn(C)c2)cc1. The summed E-state index contributed by atoms with van der Waals surface area (Å²) in [5, 5.41) is 15.3. The number of carbonyl (C=O) groups excluding carboxylic acids is 3. The fraction of sp³-hybridized carbons (Fsp3) is 0.238. The first-order valence-electron chi connectivity index (χ1n) is 8.79. The van der Waals surface area contributed by atoms with Gasteiger partial charge in [0, 0.05) is 38.5 Å². The van der Waals surface area contributed by atoms with E-state index in [1.165, 1.54) is 38.6 Å².